The molecule has 2 rings (SSSR count). The molecule has 0 heterocycles. The summed E-state index contributed by atoms with van der Waals surface area (Å²) in [4.78, 5) is 2.47. The molecular weight excluding hydrogens is 244 g/mol. The molecule has 112 valence electrons. The summed E-state index contributed by atoms with van der Waals surface area (Å²) in [6.45, 7) is 5.53. The third-order valence-electron chi connectivity index (χ3n) is 4.87. The zero-order valence-corrected chi connectivity index (χ0v) is 13.6. The van der Waals surface area contributed by atoms with Crippen molar-refractivity contribution in [1.82, 2.24) is 10.2 Å². The summed E-state index contributed by atoms with van der Waals surface area (Å²) in [5.41, 5.74) is 3.09. The lowest BCUT2D eigenvalue weighted by Crippen LogP contribution is -2.52. The van der Waals surface area contributed by atoms with Gasteiger partial charge in [0.05, 0.1) is 6.04 Å². The molecule has 1 unspecified atom stereocenters. The Hall–Kier alpha value is -0.860. The number of hydrogen-bond acceptors (Lipinski definition) is 2. The van der Waals surface area contributed by atoms with E-state index in [0.717, 1.165) is 6.54 Å². The van der Waals surface area contributed by atoms with Crippen molar-refractivity contribution in [2.24, 2.45) is 0 Å². The van der Waals surface area contributed by atoms with Gasteiger partial charge < -0.3 is 10.2 Å². The summed E-state index contributed by atoms with van der Waals surface area (Å²) in [5.74, 6) is 0. The van der Waals surface area contributed by atoms with Crippen LogP contribution < -0.4 is 5.32 Å². The van der Waals surface area contributed by atoms with E-state index in [2.05, 4.69) is 62.4 Å². The third kappa shape index (κ3) is 3.07. The van der Waals surface area contributed by atoms with E-state index in [1.807, 2.05) is 0 Å². The number of hydrogen-bond donors (Lipinski definition) is 1. The van der Waals surface area contributed by atoms with Crippen molar-refractivity contribution in [3.05, 3.63) is 35.4 Å². The highest BCUT2D eigenvalue weighted by Crippen LogP contribution is 2.43. The number of benzene rings is 1. The first-order valence-corrected chi connectivity index (χ1v) is 8.07. The number of likely N-dealkylation sites (N-methyl/N-ethyl adjacent to an activating group) is 1. The van der Waals surface area contributed by atoms with Crippen molar-refractivity contribution in [2.75, 3.05) is 20.6 Å². The molecule has 0 aliphatic heterocycles. The molecule has 1 aliphatic rings. The van der Waals surface area contributed by atoms with Crippen LogP contribution in [0.25, 0.3) is 0 Å². The van der Waals surface area contributed by atoms with Crippen molar-refractivity contribution >= 4 is 0 Å². The van der Waals surface area contributed by atoms with Crippen molar-refractivity contribution in [2.45, 2.75) is 57.5 Å². The third-order valence-corrected chi connectivity index (χ3v) is 4.87. The van der Waals surface area contributed by atoms with Gasteiger partial charge in [0.2, 0.25) is 0 Å². The predicted molar refractivity (Wildman–Crippen MR) is 87.1 cm³/mol. The molecule has 0 bridgehead atoms. The molecule has 1 aromatic rings. The van der Waals surface area contributed by atoms with Crippen LogP contribution in [0.4, 0.5) is 0 Å². The first-order chi connectivity index (χ1) is 9.60. The fraction of sp³-hybridized carbons (Fsp3) is 0.667. The lowest BCUT2D eigenvalue weighted by molar-refractivity contribution is 0.104. The molecule has 1 fully saturated rings. The SMILES string of the molecule is CCCNC(c1cccc(C)c1)C1(N(C)C)CCCC1. The van der Waals surface area contributed by atoms with Gasteiger partial charge in [-0.1, -0.05) is 49.6 Å². The first kappa shape index (κ1) is 15.5. The molecule has 0 aromatic heterocycles. The molecule has 1 N–H and O–H groups in total. The molecule has 1 aromatic carbocycles. The van der Waals surface area contributed by atoms with Gasteiger partial charge in [0.15, 0.2) is 0 Å². The molecule has 20 heavy (non-hydrogen) atoms. The van der Waals surface area contributed by atoms with Crippen LogP contribution in [0.3, 0.4) is 0 Å². The Morgan fingerprint density at radius 2 is 1.95 bits per heavy atom. The van der Waals surface area contributed by atoms with Crippen molar-refractivity contribution < 1.29 is 0 Å². The van der Waals surface area contributed by atoms with Crippen molar-refractivity contribution in [3.63, 3.8) is 0 Å². The Morgan fingerprint density at radius 3 is 2.50 bits per heavy atom. The number of nitrogens with one attached hydrogen (secondary N) is 1. The van der Waals surface area contributed by atoms with Crippen LogP contribution in [-0.2, 0) is 0 Å². The zero-order valence-electron chi connectivity index (χ0n) is 13.6. The van der Waals surface area contributed by atoms with Crippen LogP contribution in [-0.4, -0.2) is 31.1 Å². The minimum absolute atomic E-state index is 0.281. The van der Waals surface area contributed by atoms with E-state index in [9.17, 15) is 0 Å². The summed E-state index contributed by atoms with van der Waals surface area (Å²) in [5, 5.41) is 3.84. The Kier molecular flexibility index (Phi) is 5.22. The summed E-state index contributed by atoms with van der Waals surface area (Å²) in [7, 11) is 4.50. The second kappa shape index (κ2) is 6.73. The fourth-order valence-electron chi connectivity index (χ4n) is 3.74. The van der Waals surface area contributed by atoms with Crippen molar-refractivity contribution in [1.29, 1.82) is 0 Å². The normalized spacial score (nSPS) is 19.4. The van der Waals surface area contributed by atoms with Gasteiger partial charge in [0.1, 0.15) is 0 Å². The number of aryl methyl sites for hydroxylation is 1. The summed E-state index contributed by atoms with van der Waals surface area (Å²) in [6, 6.07) is 9.49. The van der Waals surface area contributed by atoms with Gasteiger partial charge in [0, 0.05) is 5.54 Å². The van der Waals surface area contributed by atoms with Gasteiger partial charge in [0.25, 0.3) is 0 Å². The van der Waals surface area contributed by atoms with Gasteiger partial charge in [-0.3, -0.25) is 0 Å². The highest BCUT2D eigenvalue weighted by Gasteiger charge is 2.43. The highest BCUT2D eigenvalue weighted by atomic mass is 15.2. The van der Waals surface area contributed by atoms with Gasteiger partial charge in [-0.25, -0.2) is 0 Å². The monoisotopic (exact) mass is 274 g/mol. The van der Waals surface area contributed by atoms with E-state index in [0.29, 0.717) is 6.04 Å². The minimum atomic E-state index is 0.281. The average molecular weight is 274 g/mol. The van der Waals surface area contributed by atoms with Gasteiger partial charge in [-0.2, -0.15) is 0 Å². The molecule has 2 nitrogen and oxygen atoms in total. The molecule has 0 spiro atoms. The lowest BCUT2D eigenvalue weighted by atomic mass is 9.82. The van der Waals surface area contributed by atoms with Crippen LogP contribution in [0.5, 0.6) is 0 Å². The maximum atomic E-state index is 3.84. The highest BCUT2D eigenvalue weighted by molar-refractivity contribution is 5.28. The molecule has 0 radical (unpaired) electrons. The molecule has 0 amide bonds. The van der Waals surface area contributed by atoms with Gasteiger partial charge >= 0.3 is 0 Å². The van der Waals surface area contributed by atoms with E-state index in [1.54, 1.807) is 0 Å². The summed E-state index contributed by atoms with van der Waals surface area (Å²) in [6.07, 6.45) is 6.50. The fourth-order valence-corrected chi connectivity index (χ4v) is 3.74. The molecule has 1 saturated carbocycles. The maximum Gasteiger partial charge on any atom is 0.0507 e. The van der Waals surface area contributed by atoms with Crippen LogP contribution in [0.15, 0.2) is 24.3 Å². The predicted octanol–water partition coefficient (Wildman–Crippen LogP) is 3.91. The van der Waals surface area contributed by atoms with E-state index < -0.39 is 0 Å². The molecule has 0 saturated heterocycles. The van der Waals surface area contributed by atoms with Gasteiger partial charge in [-0.15, -0.1) is 0 Å². The Bertz CT molecular complexity index is 419. The molecule has 1 aliphatic carbocycles. The maximum absolute atomic E-state index is 3.84. The molecular formula is C18H30N2. The largest absolute Gasteiger partial charge is 0.308 e. The minimum Gasteiger partial charge on any atom is -0.308 e. The Labute approximate surface area is 124 Å². The summed E-state index contributed by atoms with van der Waals surface area (Å²) >= 11 is 0. The second-order valence-corrected chi connectivity index (χ2v) is 6.51. The first-order valence-electron chi connectivity index (χ1n) is 8.07. The lowest BCUT2D eigenvalue weighted by Gasteiger charge is -2.44. The van der Waals surface area contributed by atoms with E-state index >= 15 is 0 Å². The Balaban J connectivity index is 2.35. The van der Waals surface area contributed by atoms with Crippen molar-refractivity contribution in [3.8, 4) is 0 Å². The van der Waals surface area contributed by atoms with E-state index in [1.165, 1.54) is 43.2 Å². The van der Waals surface area contributed by atoms with Crippen LogP contribution in [0.2, 0.25) is 0 Å². The van der Waals surface area contributed by atoms with Gasteiger partial charge in [-0.05, 0) is 52.4 Å². The second-order valence-electron chi connectivity index (χ2n) is 6.51. The number of rotatable bonds is 6. The molecule has 2 heteroatoms. The van der Waals surface area contributed by atoms with Crippen LogP contribution in [0, 0.1) is 6.92 Å². The summed E-state index contributed by atoms with van der Waals surface area (Å²) < 4.78 is 0. The average Bonchev–Trinajstić information content (AvgIpc) is 2.90. The standard InChI is InChI=1S/C18H30N2/c1-5-13-19-17(16-10-8-9-15(2)14-16)18(20(3)4)11-6-7-12-18/h8-10,14,17,19H,5-7,11-13H2,1-4H3. The van der Waals surface area contributed by atoms with E-state index in [-0.39, 0.29) is 5.54 Å². The topological polar surface area (TPSA) is 15.3 Å². The smallest absolute Gasteiger partial charge is 0.0507 e. The Morgan fingerprint density at radius 1 is 1.25 bits per heavy atom. The zero-order chi connectivity index (χ0) is 14.6. The van der Waals surface area contributed by atoms with Crippen LogP contribution in [0.1, 0.15) is 56.2 Å². The molecule has 1 atom stereocenters. The number of nitrogens with zero attached hydrogens (tertiary/aromatic N) is 1. The quantitative estimate of drug-likeness (QED) is 0.846. The van der Waals surface area contributed by atoms with Crippen LogP contribution >= 0.6 is 0 Å². The van der Waals surface area contributed by atoms with E-state index in [4.69, 9.17) is 0 Å².